The Balaban J connectivity index is 2.25. The molecular formula is C16H10Cl2F3NO3. The van der Waals surface area contributed by atoms with Crippen molar-refractivity contribution in [3.05, 3.63) is 69.0 Å². The van der Waals surface area contributed by atoms with Gasteiger partial charge in [0, 0.05) is 28.6 Å². The largest absolute Gasteiger partial charge is 0.480 e. The summed E-state index contributed by atoms with van der Waals surface area (Å²) in [4.78, 5) is 23.4. The monoisotopic (exact) mass is 391 g/mol. The number of hydrogen-bond acceptors (Lipinski definition) is 2. The third kappa shape index (κ3) is 4.64. The van der Waals surface area contributed by atoms with Crippen molar-refractivity contribution < 1.29 is 27.9 Å². The van der Waals surface area contributed by atoms with Crippen LogP contribution in [0.1, 0.15) is 15.9 Å². The molecule has 0 saturated heterocycles. The maximum absolute atomic E-state index is 13.6. The summed E-state index contributed by atoms with van der Waals surface area (Å²) in [5.41, 5.74) is -0.714. The average Bonchev–Trinajstić information content (AvgIpc) is 2.47. The molecule has 1 atom stereocenters. The molecule has 2 rings (SSSR count). The second-order valence-electron chi connectivity index (χ2n) is 5.05. The number of amides is 1. The van der Waals surface area contributed by atoms with Crippen LogP contribution >= 0.6 is 23.2 Å². The first-order valence-electron chi connectivity index (χ1n) is 6.81. The third-order valence-corrected chi connectivity index (χ3v) is 3.86. The van der Waals surface area contributed by atoms with Gasteiger partial charge in [0.1, 0.15) is 29.1 Å². The van der Waals surface area contributed by atoms with E-state index in [-0.39, 0.29) is 11.4 Å². The van der Waals surface area contributed by atoms with Gasteiger partial charge in [0.25, 0.3) is 5.91 Å². The Labute approximate surface area is 150 Å². The number of nitrogens with one attached hydrogen (secondary N) is 1. The Kier molecular flexibility index (Phi) is 5.92. The molecule has 0 radical (unpaired) electrons. The minimum Gasteiger partial charge on any atom is -0.480 e. The highest BCUT2D eigenvalue weighted by molar-refractivity contribution is 6.35. The summed E-state index contributed by atoms with van der Waals surface area (Å²) >= 11 is 11.7. The van der Waals surface area contributed by atoms with Gasteiger partial charge in [-0.05, 0) is 17.7 Å². The Morgan fingerprint density at radius 1 is 1.08 bits per heavy atom. The molecule has 132 valence electrons. The molecule has 2 aromatic rings. The van der Waals surface area contributed by atoms with Gasteiger partial charge in [0.05, 0.1) is 0 Å². The smallest absolute Gasteiger partial charge is 0.326 e. The molecule has 2 aromatic carbocycles. The van der Waals surface area contributed by atoms with Crippen LogP contribution in [0.15, 0.2) is 30.3 Å². The van der Waals surface area contributed by atoms with Crippen LogP contribution in [0.4, 0.5) is 13.2 Å². The van der Waals surface area contributed by atoms with Crippen molar-refractivity contribution in [2.45, 2.75) is 12.5 Å². The van der Waals surface area contributed by atoms with Gasteiger partial charge in [-0.2, -0.15) is 0 Å². The maximum atomic E-state index is 13.6. The van der Waals surface area contributed by atoms with Crippen LogP contribution in [0, 0.1) is 17.5 Å². The first kappa shape index (κ1) is 19.1. The molecule has 25 heavy (non-hydrogen) atoms. The summed E-state index contributed by atoms with van der Waals surface area (Å²) in [6.07, 6.45) is -0.249. The first-order valence-corrected chi connectivity index (χ1v) is 7.56. The van der Waals surface area contributed by atoms with E-state index in [0.29, 0.717) is 22.7 Å². The molecular weight excluding hydrogens is 382 g/mol. The molecule has 0 aliphatic rings. The van der Waals surface area contributed by atoms with E-state index < -0.39 is 40.9 Å². The lowest BCUT2D eigenvalue weighted by atomic mass is 10.0. The van der Waals surface area contributed by atoms with Gasteiger partial charge in [-0.1, -0.05) is 29.3 Å². The lowest BCUT2D eigenvalue weighted by molar-refractivity contribution is -0.139. The highest BCUT2D eigenvalue weighted by Crippen LogP contribution is 2.22. The summed E-state index contributed by atoms with van der Waals surface area (Å²) in [6, 6.07) is 3.45. The van der Waals surface area contributed by atoms with Crippen LogP contribution in [0.5, 0.6) is 0 Å². The summed E-state index contributed by atoms with van der Waals surface area (Å²) < 4.78 is 40.1. The number of carboxylic acids is 1. The standard InChI is InChI=1S/C16H10Cl2F3NO3/c17-8-2-1-7(10(18)4-8)3-13(16(24)25)22-15(23)14-11(20)5-9(19)6-12(14)21/h1-2,4-6,13H,3H2,(H,22,23)(H,24,25)/t13-/m0/s1. The highest BCUT2D eigenvalue weighted by atomic mass is 35.5. The topological polar surface area (TPSA) is 66.4 Å². The predicted octanol–water partition coefficient (Wildman–Crippen LogP) is 3.84. The number of benzene rings is 2. The van der Waals surface area contributed by atoms with Gasteiger partial charge in [-0.25, -0.2) is 18.0 Å². The zero-order valence-electron chi connectivity index (χ0n) is 12.3. The molecule has 0 saturated carbocycles. The number of carboxylic acid groups (broad SMARTS) is 1. The molecule has 0 fully saturated rings. The molecule has 2 N–H and O–H groups in total. The molecule has 0 aliphatic carbocycles. The van der Waals surface area contributed by atoms with Gasteiger partial charge in [0.2, 0.25) is 0 Å². The minimum atomic E-state index is -1.52. The van der Waals surface area contributed by atoms with E-state index in [0.717, 1.165) is 0 Å². The third-order valence-electron chi connectivity index (χ3n) is 3.28. The molecule has 0 bridgehead atoms. The maximum Gasteiger partial charge on any atom is 0.326 e. The molecule has 0 aliphatic heterocycles. The van der Waals surface area contributed by atoms with E-state index in [4.69, 9.17) is 23.2 Å². The van der Waals surface area contributed by atoms with Crippen molar-refractivity contribution in [3.8, 4) is 0 Å². The van der Waals surface area contributed by atoms with E-state index >= 15 is 0 Å². The second-order valence-corrected chi connectivity index (χ2v) is 5.89. The Hall–Kier alpha value is -2.25. The van der Waals surface area contributed by atoms with Crippen molar-refractivity contribution in [3.63, 3.8) is 0 Å². The number of carbonyl (C=O) groups excluding carboxylic acids is 1. The SMILES string of the molecule is O=C(N[C@@H](Cc1ccc(Cl)cc1Cl)C(=O)O)c1c(F)cc(F)cc1F. The minimum absolute atomic E-state index is 0.173. The molecule has 0 aromatic heterocycles. The fourth-order valence-corrected chi connectivity index (χ4v) is 2.58. The van der Waals surface area contributed by atoms with Crippen LogP contribution in [0.3, 0.4) is 0 Å². The fourth-order valence-electron chi connectivity index (χ4n) is 2.10. The Bertz CT molecular complexity index is 822. The molecule has 0 spiro atoms. The van der Waals surface area contributed by atoms with Crippen LogP contribution in [-0.2, 0) is 11.2 Å². The van der Waals surface area contributed by atoms with E-state index in [1.54, 1.807) is 0 Å². The van der Waals surface area contributed by atoms with Crippen LogP contribution in [-0.4, -0.2) is 23.0 Å². The molecule has 1 amide bonds. The highest BCUT2D eigenvalue weighted by Gasteiger charge is 2.26. The number of rotatable bonds is 5. The normalized spacial score (nSPS) is 11.9. The zero-order chi connectivity index (χ0) is 18.7. The van der Waals surface area contributed by atoms with Crippen molar-refractivity contribution >= 4 is 35.1 Å². The van der Waals surface area contributed by atoms with E-state index in [1.165, 1.54) is 18.2 Å². The van der Waals surface area contributed by atoms with E-state index in [1.807, 2.05) is 5.32 Å². The molecule has 4 nitrogen and oxygen atoms in total. The molecule has 0 unspecified atom stereocenters. The van der Waals surface area contributed by atoms with Gasteiger partial charge < -0.3 is 10.4 Å². The quantitative estimate of drug-likeness (QED) is 0.813. The first-order chi connectivity index (χ1) is 11.7. The number of hydrogen-bond donors (Lipinski definition) is 2. The molecule has 9 heteroatoms. The van der Waals surface area contributed by atoms with Crippen molar-refractivity contribution in [1.29, 1.82) is 0 Å². The summed E-state index contributed by atoms with van der Waals surface area (Å²) in [5, 5.41) is 11.7. The summed E-state index contributed by atoms with van der Waals surface area (Å²) in [5.74, 6) is -6.85. The Morgan fingerprint density at radius 3 is 2.20 bits per heavy atom. The fraction of sp³-hybridized carbons (Fsp3) is 0.125. The summed E-state index contributed by atoms with van der Waals surface area (Å²) in [6.45, 7) is 0. The van der Waals surface area contributed by atoms with Crippen LogP contribution < -0.4 is 5.32 Å². The van der Waals surface area contributed by atoms with Crippen molar-refractivity contribution in [1.82, 2.24) is 5.32 Å². The van der Waals surface area contributed by atoms with E-state index in [9.17, 15) is 27.9 Å². The number of carbonyl (C=O) groups is 2. The van der Waals surface area contributed by atoms with Crippen LogP contribution in [0.25, 0.3) is 0 Å². The van der Waals surface area contributed by atoms with Gasteiger partial charge >= 0.3 is 5.97 Å². The zero-order valence-corrected chi connectivity index (χ0v) is 13.8. The average molecular weight is 392 g/mol. The van der Waals surface area contributed by atoms with Crippen LogP contribution in [0.2, 0.25) is 10.0 Å². The predicted molar refractivity (Wildman–Crippen MR) is 85.4 cm³/mol. The lowest BCUT2D eigenvalue weighted by Crippen LogP contribution is -2.43. The summed E-state index contributed by atoms with van der Waals surface area (Å²) in [7, 11) is 0. The van der Waals surface area contributed by atoms with Crippen molar-refractivity contribution in [2.75, 3.05) is 0 Å². The number of halogens is 5. The van der Waals surface area contributed by atoms with E-state index in [2.05, 4.69) is 0 Å². The van der Waals surface area contributed by atoms with Gasteiger partial charge in [-0.3, -0.25) is 4.79 Å². The molecule has 0 heterocycles. The van der Waals surface area contributed by atoms with Gasteiger partial charge in [0.15, 0.2) is 0 Å². The second kappa shape index (κ2) is 7.76. The van der Waals surface area contributed by atoms with Gasteiger partial charge in [-0.15, -0.1) is 0 Å². The number of aliphatic carboxylic acids is 1. The van der Waals surface area contributed by atoms with Crippen molar-refractivity contribution in [2.24, 2.45) is 0 Å². The Morgan fingerprint density at radius 2 is 1.68 bits per heavy atom. The lowest BCUT2D eigenvalue weighted by Gasteiger charge is -2.16.